The minimum atomic E-state index is -0.887. The molecule has 0 aliphatic carbocycles. The Bertz CT molecular complexity index is 910. The molecule has 11 heteroatoms. The minimum absolute atomic E-state index is 0.0299. The molecular formula is C33H48O11. The summed E-state index contributed by atoms with van der Waals surface area (Å²) in [5.41, 5.74) is 0.271. The fourth-order valence-corrected chi connectivity index (χ4v) is 3.62. The molecule has 11 nitrogen and oxygen atoms in total. The Hall–Kier alpha value is -3.83. The standard InChI is InChI=1S/C33H48O11/c1-4-42-30(34)16-21-39-26-33(27-40-22-17-31(35)43-5-2,28-41-23-18-32(36)44-6-3)25-38-20-13-8-7-12-19-37-24-29-14-10-9-11-15-29/h9-11,14-18,21-23H,4-8,12-13,19-20,24-28H2,1-3H3/b21-16+,22-17+,23-18+. The molecule has 0 aromatic heterocycles. The van der Waals surface area contributed by atoms with Crippen LogP contribution < -0.4 is 0 Å². The highest BCUT2D eigenvalue weighted by atomic mass is 16.5. The summed E-state index contributed by atoms with van der Waals surface area (Å²) in [5, 5.41) is 0. The van der Waals surface area contributed by atoms with Gasteiger partial charge >= 0.3 is 17.9 Å². The predicted octanol–water partition coefficient (Wildman–Crippen LogP) is 5.05. The van der Waals surface area contributed by atoms with Gasteiger partial charge in [0.25, 0.3) is 0 Å². The molecule has 0 atom stereocenters. The van der Waals surface area contributed by atoms with Crippen LogP contribution in [0.25, 0.3) is 0 Å². The third-order valence-electron chi connectivity index (χ3n) is 5.78. The second kappa shape index (κ2) is 25.6. The van der Waals surface area contributed by atoms with Crippen molar-refractivity contribution in [2.24, 2.45) is 5.41 Å². The van der Waals surface area contributed by atoms with Crippen molar-refractivity contribution in [2.75, 3.05) is 59.5 Å². The third kappa shape index (κ3) is 20.1. The fourth-order valence-electron chi connectivity index (χ4n) is 3.62. The lowest BCUT2D eigenvalue weighted by atomic mass is 9.92. The molecule has 0 heterocycles. The van der Waals surface area contributed by atoms with E-state index in [1.54, 1.807) is 20.8 Å². The summed E-state index contributed by atoms with van der Waals surface area (Å²) >= 11 is 0. The van der Waals surface area contributed by atoms with Crippen molar-refractivity contribution in [2.45, 2.75) is 53.1 Å². The molecule has 1 rings (SSSR count). The Labute approximate surface area is 261 Å². The fraction of sp³-hybridized carbons (Fsp3) is 0.545. The van der Waals surface area contributed by atoms with Gasteiger partial charge in [0.05, 0.1) is 75.5 Å². The molecule has 1 aromatic rings. The van der Waals surface area contributed by atoms with E-state index in [-0.39, 0.29) is 46.2 Å². The van der Waals surface area contributed by atoms with Crippen LogP contribution in [0.15, 0.2) is 67.3 Å². The van der Waals surface area contributed by atoms with E-state index in [1.807, 2.05) is 30.3 Å². The van der Waals surface area contributed by atoms with Gasteiger partial charge in [-0.25, -0.2) is 14.4 Å². The average molecular weight is 621 g/mol. The second-order valence-electron chi connectivity index (χ2n) is 9.60. The van der Waals surface area contributed by atoms with Gasteiger partial charge in [-0.15, -0.1) is 0 Å². The smallest absolute Gasteiger partial charge is 0.333 e. The summed E-state index contributed by atoms with van der Waals surface area (Å²) in [4.78, 5) is 35.0. The topological polar surface area (TPSA) is 125 Å². The highest BCUT2D eigenvalue weighted by Crippen LogP contribution is 2.22. The third-order valence-corrected chi connectivity index (χ3v) is 5.78. The Kier molecular flexibility index (Phi) is 22.3. The maximum Gasteiger partial charge on any atom is 0.333 e. The Morgan fingerprint density at radius 1 is 0.591 bits per heavy atom. The van der Waals surface area contributed by atoms with Crippen LogP contribution in [0.4, 0.5) is 0 Å². The van der Waals surface area contributed by atoms with Crippen molar-refractivity contribution in [3.05, 3.63) is 72.9 Å². The normalized spacial score (nSPS) is 11.6. The zero-order valence-corrected chi connectivity index (χ0v) is 26.2. The molecule has 0 amide bonds. The monoisotopic (exact) mass is 620 g/mol. The first kappa shape index (κ1) is 38.2. The number of hydrogen-bond donors (Lipinski definition) is 0. The van der Waals surface area contributed by atoms with Crippen LogP contribution >= 0.6 is 0 Å². The lowest BCUT2D eigenvalue weighted by Crippen LogP contribution is -2.40. The highest BCUT2D eigenvalue weighted by molar-refractivity contribution is 5.82. The van der Waals surface area contributed by atoms with Crippen molar-refractivity contribution >= 4 is 17.9 Å². The minimum Gasteiger partial charge on any atom is -0.500 e. The van der Waals surface area contributed by atoms with Gasteiger partial charge in [0.15, 0.2) is 0 Å². The number of benzene rings is 1. The molecule has 0 spiro atoms. The van der Waals surface area contributed by atoms with Crippen LogP contribution in [0, 0.1) is 5.41 Å². The summed E-state index contributed by atoms with van der Waals surface area (Å²) < 4.78 is 43.3. The number of esters is 3. The summed E-state index contributed by atoms with van der Waals surface area (Å²) in [5.74, 6) is -1.62. The van der Waals surface area contributed by atoms with Crippen molar-refractivity contribution in [1.29, 1.82) is 0 Å². The number of unbranched alkanes of at least 4 members (excludes halogenated alkanes) is 3. The molecule has 246 valence electrons. The van der Waals surface area contributed by atoms with E-state index in [0.29, 0.717) is 19.8 Å². The maximum absolute atomic E-state index is 11.7. The van der Waals surface area contributed by atoms with Gasteiger partial charge < -0.3 is 37.9 Å². The van der Waals surface area contributed by atoms with Gasteiger partial charge in [-0.05, 0) is 39.2 Å². The Morgan fingerprint density at radius 2 is 1.02 bits per heavy atom. The maximum atomic E-state index is 11.7. The van der Waals surface area contributed by atoms with Crippen molar-refractivity contribution in [1.82, 2.24) is 0 Å². The first-order chi connectivity index (χ1) is 21.4. The van der Waals surface area contributed by atoms with Gasteiger partial charge in [0.1, 0.15) is 19.8 Å². The number of hydrogen-bond acceptors (Lipinski definition) is 11. The van der Waals surface area contributed by atoms with Gasteiger partial charge in [-0.1, -0.05) is 43.2 Å². The number of carbonyl (C=O) groups is 3. The lowest BCUT2D eigenvalue weighted by Gasteiger charge is -2.31. The molecule has 44 heavy (non-hydrogen) atoms. The molecule has 0 saturated heterocycles. The van der Waals surface area contributed by atoms with Crippen LogP contribution in [-0.4, -0.2) is 77.4 Å². The van der Waals surface area contributed by atoms with Crippen molar-refractivity contribution < 1.29 is 52.3 Å². The van der Waals surface area contributed by atoms with Crippen LogP contribution in [0.5, 0.6) is 0 Å². The number of rotatable bonds is 26. The van der Waals surface area contributed by atoms with Crippen molar-refractivity contribution in [3.63, 3.8) is 0 Å². The quantitative estimate of drug-likeness (QED) is 0.0454. The first-order valence-corrected chi connectivity index (χ1v) is 15.0. The molecule has 0 aliphatic rings. The molecule has 0 radical (unpaired) electrons. The van der Waals surface area contributed by atoms with E-state index >= 15 is 0 Å². The van der Waals surface area contributed by atoms with Crippen LogP contribution in [0.3, 0.4) is 0 Å². The molecule has 0 saturated carbocycles. The summed E-state index contributed by atoms with van der Waals surface area (Å²) in [6.07, 6.45) is 11.0. The number of carbonyl (C=O) groups excluding carboxylic acids is 3. The first-order valence-electron chi connectivity index (χ1n) is 15.0. The Balaban J connectivity index is 2.70. The van der Waals surface area contributed by atoms with E-state index in [2.05, 4.69) is 0 Å². The van der Waals surface area contributed by atoms with Crippen LogP contribution in [-0.2, 0) is 58.9 Å². The van der Waals surface area contributed by atoms with E-state index in [0.717, 1.165) is 31.2 Å². The summed E-state index contributed by atoms with van der Waals surface area (Å²) in [6.45, 7) is 7.89. The molecule has 0 fully saturated rings. The molecule has 0 unspecified atom stereocenters. The highest BCUT2D eigenvalue weighted by Gasteiger charge is 2.34. The Morgan fingerprint density at radius 3 is 1.45 bits per heavy atom. The molecule has 0 N–H and O–H groups in total. The summed E-state index contributed by atoms with van der Waals surface area (Å²) in [6, 6.07) is 10.1. The van der Waals surface area contributed by atoms with Crippen LogP contribution in [0.1, 0.15) is 52.0 Å². The van der Waals surface area contributed by atoms with Gasteiger partial charge in [-0.2, -0.15) is 0 Å². The largest absolute Gasteiger partial charge is 0.500 e. The average Bonchev–Trinajstić information content (AvgIpc) is 3.01. The molecule has 1 aromatic carbocycles. The zero-order valence-electron chi connectivity index (χ0n) is 26.2. The van der Waals surface area contributed by atoms with Crippen LogP contribution in [0.2, 0.25) is 0 Å². The summed E-state index contributed by atoms with van der Waals surface area (Å²) in [7, 11) is 0. The van der Waals surface area contributed by atoms with Gasteiger partial charge in [0.2, 0.25) is 0 Å². The second-order valence-corrected chi connectivity index (χ2v) is 9.60. The van der Waals surface area contributed by atoms with E-state index in [4.69, 9.17) is 37.9 Å². The number of ether oxygens (including phenoxy) is 8. The van der Waals surface area contributed by atoms with E-state index < -0.39 is 23.3 Å². The van der Waals surface area contributed by atoms with Gasteiger partial charge in [0, 0.05) is 13.2 Å². The molecular weight excluding hydrogens is 572 g/mol. The SMILES string of the molecule is CCOC(=O)/C=C/OCC(CO/C=C/C(=O)OCC)(CO/C=C/C(=O)OCC)COCCCCCCOCc1ccccc1. The molecule has 0 bridgehead atoms. The van der Waals surface area contributed by atoms with E-state index in [1.165, 1.54) is 37.0 Å². The van der Waals surface area contributed by atoms with Crippen molar-refractivity contribution in [3.8, 4) is 0 Å². The van der Waals surface area contributed by atoms with Gasteiger partial charge in [-0.3, -0.25) is 0 Å². The predicted molar refractivity (Wildman–Crippen MR) is 163 cm³/mol. The molecule has 0 aliphatic heterocycles. The van der Waals surface area contributed by atoms with E-state index in [9.17, 15) is 14.4 Å². The zero-order chi connectivity index (χ0) is 32.1. The lowest BCUT2D eigenvalue weighted by molar-refractivity contribution is -0.138.